The van der Waals surface area contributed by atoms with Gasteiger partial charge in [-0.05, 0) is 18.0 Å². The maximum Gasteiger partial charge on any atom is 0.359 e. The van der Waals surface area contributed by atoms with E-state index in [0.29, 0.717) is 6.42 Å². The van der Waals surface area contributed by atoms with E-state index < -0.39 is 40.4 Å². The number of carbonyl (C=O) groups excluding carboxylic acids is 4. The number of nitrogens with zero attached hydrogens (tertiary/aromatic N) is 1. The predicted octanol–water partition coefficient (Wildman–Crippen LogP) is 1.86. The average Bonchev–Trinajstić information content (AvgIpc) is 2.77. The molecule has 4 atom stereocenters. The number of esters is 4. The topological polar surface area (TPSA) is 99.1 Å². The minimum absolute atomic E-state index is 0.00674. The van der Waals surface area contributed by atoms with Crippen LogP contribution in [-0.4, -0.2) is 46.9 Å². The molecule has 2 heterocycles. The number of aliphatic imine (C=N–C) groups is 1. The highest BCUT2D eigenvalue weighted by Crippen LogP contribution is 2.50. The molecule has 0 bridgehead atoms. The molecule has 0 aromatic carbocycles. The maximum atomic E-state index is 12.7. The van der Waals surface area contributed by atoms with E-state index in [1.54, 1.807) is 0 Å². The van der Waals surface area contributed by atoms with Crippen molar-refractivity contribution in [2.24, 2.45) is 16.3 Å². The summed E-state index contributed by atoms with van der Waals surface area (Å²) in [6.07, 6.45) is 0.618. The van der Waals surface area contributed by atoms with E-state index in [4.69, 9.17) is 9.47 Å². The molecular weight excluding hydrogens is 345 g/mol. The standard InChI is InChI=1S/C17H24NO6P/c1-6-16(4,5)12-10(3)25-17(7-11(19)23-15(17)22)8-18-9(2)13(20)24-14(12)21/h10,12,25H,6-8H2,1-5H3/b18-9+. The average molecular weight is 369 g/mol. The number of rotatable bonds is 2. The summed E-state index contributed by atoms with van der Waals surface area (Å²) in [5, 5.41) is -1.10. The molecule has 0 aromatic rings. The highest BCUT2D eigenvalue weighted by atomic mass is 31.1. The molecule has 25 heavy (non-hydrogen) atoms. The SMILES string of the molecule is CCC(C)(C)C1C(=O)OC(=O)/C(C)=N/CC2(CC(=O)OC2=O)PC1C. The summed E-state index contributed by atoms with van der Waals surface area (Å²) in [5.74, 6) is -3.21. The Morgan fingerprint density at radius 3 is 2.40 bits per heavy atom. The van der Waals surface area contributed by atoms with Crippen molar-refractivity contribution in [3.63, 3.8) is 0 Å². The molecule has 138 valence electrons. The minimum Gasteiger partial charge on any atom is -0.392 e. The van der Waals surface area contributed by atoms with Crippen LogP contribution in [0.1, 0.15) is 47.5 Å². The first-order chi connectivity index (χ1) is 11.5. The van der Waals surface area contributed by atoms with E-state index >= 15 is 0 Å². The van der Waals surface area contributed by atoms with Crippen LogP contribution in [0.4, 0.5) is 0 Å². The van der Waals surface area contributed by atoms with Crippen molar-refractivity contribution in [2.75, 3.05) is 6.54 Å². The number of ether oxygens (including phenoxy) is 2. The van der Waals surface area contributed by atoms with Crippen molar-refractivity contribution in [1.29, 1.82) is 0 Å². The van der Waals surface area contributed by atoms with Gasteiger partial charge < -0.3 is 9.47 Å². The van der Waals surface area contributed by atoms with Gasteiger partial charge in [-0.1, -0.05) is 42.7 Å². The van der Waals surface area contributed by atoms with E-state index in [2.05, 4.69) is 4.99 Å². The van der Waals surface area contributed by atoms with E-state index in [1.807, 2.05) is 27.7 Å². The molecule has 2 rings (SSSR count). The molecular formula is C17H24NO6P. The normalized spacial score (nSPS) is 34.7. The van der Waals surface area contributed by atoms with Gasteiger partial charge in [0.2, 0.25) is 0 Å². The summed E-state index contributed by atoms with van der Waals surface area (Å²) < 4.78 is 9.79. The van der Waals surface area contributed by atoms with Crippen molar-refractivity contribution < 1.29 is 28.7 Å². The predicted molar refractivity (Wildman–Crippen MR) is 92.9 cm³/mol. The molecule has 1 spiro atoms. The van der Waals surface area contributed by atoms with Crippen LogP contribution in [0.3, 0.4) is 0 Å². The van der Waals surface area contributed by atoms with Crippen LogP contribution in [0.25, 0.3) is 0 Å². The monoisotopic (exact) mass is 369 g/mol. The Morgan fingerprint density at radius 2 is 1.88 bits per heavy atom. The molecule has 0 N–H and O–H groups in total. The molecule has 4 unspecified atom stereocenters. The van der Waals surface area contributed by atoms with Gasteiger partial charge in [0.05, 0.1) is 18.9 Å². The number of hydrogen-bond acceptors (Lipinski definition) is 7. The number of cyclic esters (lactones) is 4. The molecule has 0 radical (unpaired) electrons. The highest BCUT2D eigenvalue weighted by molar-refractivity contribution is 7.42. The maximum absolute atomic E-state index is 12.7. The summed E-state index contributed by atoms with van der Waals surface area (Å²) in [5.41, 5.74) is -0.684. The van der Waals surface area contributed by atoms with Crippen molar-refractivity contribution in [3.8, 4) is 0 Å². The van der Waals surface area contributed by atoms with E-state index in [0.717, 1.165) is 0 Å². The highest BCUT2D eigenvalue weighted by Gasteiger charge is 2.53. The van der Waals surface area contributed by atoms with Crippen LogP contribution >= 0.6 is 8.58 Å². The minimum atomic E-state index is -1.10. The Kier molecular flexibility index (Phi) is 5.47. The molecule has 1 saturated heterocycles. The smallest absolute Gasteiger partial charge is 0.359 e. The Labute approximate surface area is 148 Å². The fourth-order valence-electron chi connectivity index (χ4n) is 3.32. The van der Waals surface area contributed by atoms with Crippen LogP contribution in [0.2, 0.25) is 0 Å². The Balaban J connectivity index is 2.51. The second-order valence-electron chi connectivity index (χ2n) is 7.38. The second kappa shape index (κ2) is 6.94. The van der Waals surface area contributed by atoms with Gasteiger partial charge in [0, 0.05) is 0 Å². The Bertz CT molecular complexity index is 656. The number of hydrogen-bond donors (Lipinski definition) is 0. The first-order valence-electron chi connectivity index (χ1n) is 8.32. The first kappa shape index (κ1) is 19.7. The van der Waals surface area contributed by atoms with Gasteiger partial charge >= 0.3 is 23.9 Å². The Morgan fingerprint density at radius 1 is 1.24 bits per heavy atom. The van der Waals surface area contributed by atoms with Crippen LogP contribution in [0.15, 0.2) is 4.99 Å². The molecule has 0 saturated carbocycles. The quantitative estimate of drug-likeness (QED) is 0.419. The molecule has 1 fully saturated rings. The molecule has 0 amide bonds. The van der Waals surface area contributed by atoms with Crippen LogP contribution in [0, 0.1) is 11.3 Å². The molecule has 7 nitrogen and oxygen atoms in total. The van der Waals surface area contributed by atoms with Crippen LogP contribution < -0.4 is 0 Å². The summed E-state index contributed by atoms with van der Waals surface area (Å²) in [6.45, 7) is 9.08. The first-order valence-corrected chi connectivity index (χ1v) is 9.40. The third kappa shape index (κ3) is 3.81. The van der Waals surface area contributed by atoms with E-state index in [1.165, 1.54) is 6.92 Å². The van der Waals surface area contributed by atoms with Gasteiger partial charge in [0.15, 0.2) is 0 Å². The summed E-state index contributed by atoms with van der Waals surface area (Å²) in [7, 11) is -0.0431. The fraction of sp³-hybridized carbons (Fsp3) is 0.706. The van der Waals surface area contributed by atoms with Crippen LogP contribution in [-0.2, 0) is 28.7 Å². The third-order valence-corrected chi connectivity index (χ3v) is 7.01. The molecule has 0 aliphatic carbocycles. The van der Waals surface area contributed by atoms with Crippen molar-refractivity contribution in [1.82, 2.24) is 0 Å². The summed E-state index contributed by atoms with van der Waals surface area (Å²) in [4.78, 5) is 52.9. The zero-order chi connectivity index (χ0) is 19.0. The van der Waals surface area contributed by atoms with Gasteiger partial charge in [-0.25, -0.2) is 4.79 Å². The zero-order valence-corrected chi connectivity index (χ0v) is 16.2. The Hall–Kier alpha value is -1.62. The van der Waals surface area contributed by atoms with Crippen molar-refractivity contribution >= 4 is 38.2 Å². The van der Waals surface area contributed by atoms with Gasteiger partial charge in [0.1, 0.15) is 10.9 Å². The van der Waals surface area contributed by atoms with Gasteiger partial charge in [-0.15, -0.1) is 0 Å². The van der Waals surface area contributed by atoms with Gasteiger partial charge in [-0.3, -0.25) is 19.4 Å². The fourth-order valence-corrected chi connectivity index (χ4v) is 5.53. The third-order valence-electron chi connectivity index (χ3n) is 5.13. The van der Waals surface area contributed by atoms with E-state index in [9.17, 15) is 19.2 Å². The van der Waals surface area contributed by atoms with Crippen LogP contribution in [0.5, 0.6) is 0 Å². The number of carbonyl (C=O) groups is 4. The molecule has 8 heteroatoms. The zero-order valence-electron chi connectivity index (χ0n) is 15.2. The van der Waals surface area contributed by atoms with Gasteiger partial charge in [-0.2, -0.15) is 0 Å². The summed E-state index contributed by atoms with van der Waals surface area (Å²) in [6, 6.07) is 0. The van der Waals surface area contributed by atoms with E-state index in [-0.39, 0.29) is 32.9 Å². The lowest BCUT2D eigenvalue weighted by molar-refractivity contribution is -0.161. The summed E-state index contributed by atoms with van der Waals surface area (Å²) >= 11 is 0. The lowest BCUT2D eigenvalue weighted by Gasteiger charge is -2.38. The lowest BCUT2D eigenvalue weighted by Crippen LogP contribution is -2.44. The second-order valence-corrected chi connectivity index (χ2v) is 9.54. The van der Waals surface area contributed by atoms with Gasteiger partial charge in [0.25, 0.3) is 0 Å². The molecule has 2 aliphatic heterocycles. The van der Waals surface area contributed by atoms with Crippen molar-refractivity contribution in [3.05, 3.63) is 0 Å². The van der Waals surface area contributed by atoms with Crippen molar-refractivity contribution in [2.45, 2.75) is 58.3 Å². The molecule has 2 aliphatic rings. The lowest BCUT2D eigenvalue weighted by atomic mass is 9.75. The largest absolute Gasteiger partial charge is 0.392 e. The molecule has 0 aromatic heterocycles.